The Bertz CT molecular complexity index is 1990. The van der Waals surface area contributed by atoms with Gasteiger partial charge in [0.25, 0.3) is 11.4 Å². The van der Waals surface area contributed by atoms with Crippen molar-refractivity contribution in [2.24, 2.45) is 0 Å². The third-order valence-corrected chi connectivity index (χ3v) is 6.78. The van der Waals surface area contributed by atoms with Gasteiger partial charge in [-0.25, -0.2) is 0 Å². The van der Waals surface area contributed by atoms with Crippen LogP contribution in [-0.4, -0.2) is 9.85 Å². The van der Waals surface area contributed by atoms with Crippen LogP contribution in [0.1, 0.15) is 22.3 Å². The lowest BCUT2D eigenvalue weighted by molar-refractivity contribution is -0.383. The van der Waals surface area contributed by atoms with Crippen LogP contribution in [0.4, 0.5) is 11.4 Å². The van der Waals surface area contributed by atoms with Gasteiger partial charge in [0.15, 0.2) is 0 Å². The van der Waals surface area contributed by atoms with E-state index in [1.807, 2.05) is 60.7 Å². The number of hydrogen-bond acceptors (Lipinski definition) is 4. The van der Waals surface area contributed by atoms with Gasteiger partial charge in [0.2, 0.25) is 0 Å². The monoisotopic (exact) mass is 518 g/mol. The minimum Gasteiger partial charge on any atom is -0.258 e. The summed E-state index contributed by atoms with van der Waals surface area (Å²) in [5.74, 6) is 12.9. The van der Waals surface area contributed by atoms with Gasteiger partial charge in [-0.15, -0.1) is 0 Å². The largest absolute Gasteiger partial charge is 0.277 e. The molecule has 0 fully saturated rings. The Morgan fingerprint density at radius 2 is 0.625 bits per heavy atom. The number of hydrogen-bond donors (Lipinski definition) is 0. The molecule has 6 rings (SSSR count). The molecule has 0 heterocycles. The van der Waals surface area contributed by atoms with Crippen molar-refractivity contribution < 1.29 is 9.85 Å². The highest BCUT2D eigenvalue weighted by Crippen LogP contribution is 2.29. The first-order valence-corrected chi connectivity index (χ1v) is 12.4. The normalized spacial score (nSPS) is 10.5. The third-order valence-electron chi connectivity index (χ3n) is 6.78. The molecular weight excluding hydrogens is 500 g/mol. The van der Waals surface area contributed by atoms with E-state index in [9.17, 15) is 20.2 Å². The van der Waals surface area contributed by atoms with Crippen LogP contribution in [0.25, 0.3) is 32.3 Å². The summed E-state index contributed by atoms with van der Waals surface area (Å²) in [5.41, 5.74) is 3.14. The van der Waals surface area contributed by atoms with Gasteiger partial charge in [-0.3, -0.25) is 20.2 Å². The second-order valence-corrected chi connectivity index (χ2v) is 9.08. The van der Waals surface area contributed by atoms with E-state index < -0.39 is 0 Å². The molecule has 0 aliphatic carbocycles. The van der Waals surface area contributed by atoms with Crippen molar-refractivity contribution in [3.8, 4) is 23.7 Å². The molecule has 6 nitrogen and oxygen atoms in total. The number of non-ortho nitro benzene ring substituents is 2. The molecule has 0 aliphatic rings. The van der Waals surface area contributed by atoms with Crippen LogP contribution < -0.4 is 0 Å². The lowest BCUT2D eigenvalue weighted by atomic mass is 9.98. The molecule has 0 aliphatic heterocycles. The molecule has 0 N–H and O–H groups in total. The van der Waals surface area contributed by atoms with E-state index in [-0.39, 0.29) is 21.2 Å². The first kappa shape index (κ1) is 24.4. The molecule has 6 aromatic rings. The van der Waals surface area contributed by atoms with Crippen LogP contribution in [0.2, 0.25) is 0 Å². The Labute approximate surface area is 228 Å². The van der Waals surface area contributed by atoms with Crippen LogP contribution >= 0.6 is 0 Å². The van der Waals surface area contributed by atoms with Crippen molar-refractivity contribution in [1.82, 2.24) is 0 Å². The molecule has 6 heteroatoms. The molecule has 0 amide bonds. The van der Waals surface area contributed by atoms with Crippen LogP contribution in [0.5, 0.6) is 0 Å². The maximum absolute atomic E-state index is 11.5. The molecule has 0 saturated carbocycles. The molecule has 0 radical (unpaired) electrons. The van der Waals surface area contributed by atoms with E-state index in [0.717, 1.165) is 32.7 Å². The van der Waals surface area contributed by atoms with Crippen molar-refractivity contribution in [3.63, 3.8) is 0 Å². The topological polar surface area (TPSA) is 86.3 Å². The molecule has 0 atom stereocenters. The van der Waals surface area contributed by atoms with E-state index in [4.69, 9.17) is 0 Å². The lowest BCUT2D eigenvalue weighted by Crippen LogP contribution is -1.90. The summed E-state index contributed by atoms with van der Waals surface area (Å²) < 4.78 is 0. The number of nitro groups is 2. The second-order valence-electron chi connectivity index (χ2n) is 9.08. The average Bonchev–Trinajstić information content (AvgIpc) is 2.98. The van der Waals surface area contributed by atoms with E-state index in [2.05, 4.69) is 23.7 Å². The minimum absolute atomic E-state index is 0.0512. The first-order valence-electron chi connectivity index (χ1n) is 12.4. The van der Waals surface area contributed by atoms with Crippen molar-refractivity contribution in [3.05, 3.63) is 152 Å². The van der Waals surface area contributed by atoms with Crippen LogP contribution in [0.15, 0.2) is 109 Å². The zero-order chi connectivity index (χ0) is 27.6. The van der Waals surface area contributed by atoms with Gasteiger partial charge in [0, 0.05) is 45.2 Å². The molecule has 40 heavy (non-hydrogen) atoms. The Morgan fingerprint density at radius 1 is 0.375 bits per heavy atom. The molecule has 6 aromatic carbocycles. The van der Waals surface area contributed by atoms with Gasteiger partial charge in [-0.1, -0.05) is 84.3 Å². The number of rotatable bonds is 2. The van der Waals surface area contributed by atoms with Gasteiger partial charge in [-0.05, 0) is 47.2 Å². The van der Waals surface area contributed by atoms with Crippen LogP contribution in [-0.2, 0) is 0 Å². The van der Waals surface area contributed by atoms with E-state index in [0.29, 0.717) is 21.9 Å². The Kier molecular flexibility index (Phi) is 6.13. The summed E-state index contributed by atoms with van der Waals surface area (Å²) in [7, 11) is 0. The fraction of sp³-hybridized carbons (Fsp3) is 0. The third kappa shape index (κ3) is 4.36. The predicted octanol–water partition coefficient (Wildman–Crippen LogP) is 7.76. The smallest absolute Gasteiger partial charge is 0.258 e. The molecule has 0 spiro atoms. The van der Waals surface area contributed by atoms with Crippen molar-refractivity contribution in [2.45, 2.75) is 0 Å². The summed E-state index contributed by atoms with van der Waals surface area (Å²) in [6.45, 7) is 0. The zero-order valence-electron chi connectivity index (χ0n) is 20.9. The van der Waals surface area contributed by atoms with Crippen molar-refractivity contribution >= 4 is 43.7 Å². The van der Waals surface area contributed by atoms with Gasteiger partial charge in [0.05, 0.1) is 20.6 Å². The van der Waals surface area contributed by atoms with E-state index >= 15 is 0 Å². The van der Waals surface area contributed by atoms with E-state index in [1.54, 1.807) is 36.4 Å². The highest BCUT2D eigenvalue weighted by molar-refractivity contribution is 5.97. The molecule has 0 unspecified atom stereocenters. The zero-order valence-corrected chi connectivity index (χ0v) is 20.9. The summed E-state index contributed by atoms with van der Waals surface area (Å²) >= 11 is 0. The van der Waals surface area contributed by atoms with Gasteiger partial charge < -0.3 is 0 Å². The first-order chi connectivity index (χ1) is 19.5. The summed E-state index contributed by atoms with van der Waals surface area (Å²) in [4.78, 5) is 22.2. The van der Waals surface area contributed by atoms with Gasteiger partial charge in [0.1, 0.15) is 0 Å². The number of nitrogens with zero attached hydrogens (tertiary/aromatic N) is 2. The maximum atomic E-state index is 11.5. The summed E-state index contributed by atoms with van der Waals surface area (Å²) in [5, 5.41) is 27.4. The summed E-state index contributed by atoms with van der Waals surface area (Å²) in [6.07, 6.45) is 0. The van der Waals surface area contributed by atoms with Gasteiger partial charge >= 0.3 is 0 Å². The van der Waals surface area contributed by atoms with Crippen molar-refractivity contribution in [2.75, 3.05) is 0 Å². The standard InChI is InChI=1S/C34H18N2O4/c37-35(38)33-17-5-13-29-25(9-3-15-31(29)33)21-19-23-7-1-11-27-24(8-2-12-28(23)27)20-22-26-10-4-16-32-30(26)14-6-18-34(32)36(39)40/h1-18H. The quantitative estimate of drug-likeness (QED) is 0.133. The Morgan fingerprint density at radius 3 is 0.925 bits per heavy atom. The second kappa shape index (κ2) is 10.1. The highest BCUT2D eigenvalue weighted by atomic mass is 16.6. The Hall–Kier alpha value is -5.98. The predicted molar refractivity (Wildman–Crippen MR) is 157 cm³/mol. The van der Waals surface area contributed by atoms with Crippen molar-refractivity contribution in [1.29, 1.82) is 0 Å². The molecule has 188 valence electrons. The molecule has 0 saturated heterocycles. The number of benzene rings is 6. The molecule has 0 bridgehead atoms. The summed E-state index contributed by atoms with van der Waals surface area (Å²) in [6, 6.07) is 32.4. The maximum Gasteiger partial charge on any atom is 0.277 e. The van der Waals surface area contributed by atoms with Crippen LogP contribution in [0.3, 0.4) is 0 Å². The van der Waals surface area contributed by atoms with E-state index in [1.165, 1.54) is 12.1 Å². The number of fused-ring (bicyclic) bond motifs is 3. The fourth-order valence-corrected chi connectivity index (χ4v) is 4.92. The minimum atomic E-state index is -0.383. The highest BCUT2D eigenvalue weighted by Gasteiger charge is 2.13. The fourth-order valence-electron chi connectivity index (χ4n) is 4.92. The lowest BCUT2D eigenvalue weighted by Gasteiger charge is -2.04. The SMILES string of the molecule is O=[N+]([O-])c1cccc2c(C#Cc3cccc4c(C#Cc5cccc6c([N+](=O)[O-])cccc56)cccc34)cccc12. The number of nitro benzene ring substituents is 2. The molecule has 0 aromatic heterocycles. The average molecular weight is 519 g/mol. The Balaban J connectivity index is 1.43. The van der Waals surface area contributed by atoms with Gasteiger partial charge in [-0.2, -0.15) is 0 Å². The molecular formula is C34H18N2O4. The van der Waals surface area contributed by atoms with Crippen LogP contribution in [0, 0.1) is 43.9 Å².